The topological polar surface area (TPSA) is 45.2 Å². The van der Waals surface area contributed by atoms with Crippen molar-refractivity contribution in [3.05, 3.63) is 59.4 Å². The second-order valence-corrected chi connectivity index (χ2v) is 7.69. The van der Waals surface area contributed by atoms with Crippen molar-refractivity contribution in [1.29, 1.82) is 0 Å². The zero-order valence-corrected chi connectivity index (χ0v) is 15.1. The van der Waals surface area contributed by atoms with Gasteiger partial charge in [-0.3, -0.25) is 9.69 Å². The number of anilines is 1. The van der Waals surface area contributed by atoms with E-state index < -0.39 is 0 Å². The average molecular weight is 369 g/mol. The summed E-state index contributed by atoms with van der Waals surface area (Å²) in [6, 6.07) is 14.1. The predicted molar refractivity (Wildman–Crippen MR) is 103 cm³/mol. The minimum absolute atomic E-state index is 0.0601. The first-order valence-electron chi connectivity index (χ1n) is 8.80. The van der Waals surface area contributed by atoms with Gasteiger partial charge in [-0.05, 0) is 62.3 Å². The summed E-state index contributed by atoms with van der Waals surface area (Å²) < 4.78 is 14.2. The molecule has 3 aromatic rings. The van der Waals surface area contributed by atoms with Gasteiger partial charge in [0.15, 0.2) is 0 Å². The molecular formula is C20H20FN3OS. The Morgan fingerprint density at radius 1 is 1.15 bits per heavy atom. The van der Waals surface area contributed by atoms with Crippen LogP contribution in [0.4, 0.5) is 10.1 Å². The second kappa shape index (κ2) is 7.51. The number of rotatable bonds is 4. The van der Waals surface area contributed by atoms with Gasteiger partial charge in [0.05, 0.1) is 21.8 Å². The van der Waals surface area contributed by atoms with E-state index >= 15 is 0 Å². The molecule has 134 valence electrons. The van der Waals surface area contributed by atoms with Crippen molar-refractivity contribution >= 4 is 33.1 Å². The van der Waals surface area contributed by atoms with Crippen molar-refractivity contribution in [3.8, 4) is 0 Å². The number of halogens is 1. The Morgan fingerprint density at radius 3 is 2.62 bits per heavy atom. The lowest BCUT2D eigenvalue weighted by Crippen LogP contribution is -2.38. The van der Waals surface area contributed by atoms with Gasteiger partial charge >= 0.3 is 0 Å². The van der Waals surface area contributed by atoms with Gasteiger partial charge in [-0.1, -0.05) is 12.1 Å². The zero-order chi connectivity index (χ0) is 17.9. The van der Waals surface area contributed by atoms with Crippen molar-refractivity contribution in [2.24, 2.45) is 0 Å². The number of carbonyl (C=O) groups is 1. The summed E-state index contributed by atoms with van der Waals surface area (Å²) in [4.78, 5) is 19.1. The monoisotopic (exact) mass is 369 g/mol. The Bertz CT molecular complexity index is 868. The molecule has 6 heteroatoms. The van der Waals surface area contributed by atoms with Gasteiger partial charge in [0, 0.05) is 11.6 Å². The van der Waals surface area contributed by atoms with E-state index in [2.05, 4.69) is 22.3 Å². The van der Waals surface area contributed by atoms with Crippen LogP contribution in [0.2, 0.25) is 0 Å². The second-order valence-electron chi connectivity index (χ2n) is 6.63. The van der Waals surface area contributed by atoms with Crippen LogP contribution in [-0.4, -0.2) is 35.4 Å². The van der Waals surface area contributed by atoms with Gasteiger partial charge in [0.2, 0.25) is 5.91 Å². The third-order valence-electron chi connectivity index (χ3n) is 4.74. The third kappa shape index (κ3) is 3.92. The number of benzene rings is 2. The van der Waals surface area contributed by atoms with Gasteiger partial charge < -0.3 is 5.32 Å². The van der Waals surface area contributed by atoms with E-state index in [1.54, 1.807) is 23.5 Å². The van der Waals surface area contributed by atoms with Gasteiger partial charge in [-0.2, -0.15) is 0 Å². The molecule has 0 saturated carbocycles. The molecule has 1 aliphatic rings. The molecule has 4 rings (SSSR count). The van der Waals surface area contributed by atoms with Crippen LogP contribution in [0.1, 0.15) is 23.8 Å². The van der Waals surface area contributed by atoms with Crippen LogP contribution >= 0.6 is 11.3 Å². The Balaban J connectivity index is 1.30. The van der Waals surface area contributed by atoms with E-state index in [9.17, 15) is 9.18 Å². The molecule has 1 fully saturated rings. The number of aromatic nitrogens is 1. The molecule has 0 unspecified atom stereocenters. The molecule has 1 amide bonds. The minimum Gasteiger partial charge on any atom is -0.325 e. The summed E-state index contributed by atoms with van der Waals surface area (Å²) in [5.74, 6) is 0.110. The summed E-state index contributed by atoms with van der Waals surface area (Å²) >= 11 is 1.78. The molecular weight excluding hydrogens is 349 g/mol. The zero-order valence-electron chi connectivity index (χ0n) is 14.3. The Labute approximate surface area is 155 Å². The third-order valence-corrected chi connectivity index (χ3v) is 5.94. The van der Waals surface area contributed by atoms with Gasteiger partial charge in [-0.15, -0.1) is 11.3 Å². The average Bonchev–Trinajstić information content (AvgIpc) is 3.08. The van der Waals surface area contributed by atoms with Crippen LogP contribution in [0, 0.1) is 5.82 Å². The molecule has 0 bridgehead atoms. The quantitative estimate of drug-likeness (QED) is 0.748. The molecule has 1 aliphatic heterocycles. The maximum Gasteiger partial charge on any atom is 0.238 e. The standard InChI is InChI=1S/C20H20FN3OS/c21-15-5-7-16(8-6-15)22-19(25)13-24-11-9-14(10-12-24)20-23-17-3-1-2-4-18(17)26-20/h1-8,14H,9-13H2,(H,22,25). The molecule has 4 nitrogen and oxygen atoms in total. The van der Waals surface area contributed by atoms with E-state index in [-0.39, 0.29) is 11.7 Å². The number of thiazole rings is 1. The smallest absolute Gasteiger partial charge is 0.238 e. The van der Waals surface area contributed by atoms with Crippen LogP contribution < -0.4 is 5.32 Å². The molecule has 0 atom stereocenters. The van der Waals surface area contributed by atoms with Crippen LogP contribution in [0.5, 0.6) is 0 Å². The number of piperidine rings is 1. The molecule has 0 aliphatic carbocycles. The largest absolute Gasteiger partial charge is 0.325 e. The first-order valence-corrected chi connectivity index (χ1v) is 9.62. The number of amides is 1. The predicted octanol–water partition coefficient (Wildman–Crippen LogP) is 4.25. The summed E-state index contributed by atoms with van der Waals surface area (Å²) in [5.41, 5.74) is 1.70. The number of nitrogens with zero attached hydrogens (tertiary/aromatic N) is 2. The maximum atomic E-state index is 12.9. The first kappa shape index (κ1) is 17.1. The van der Waals surface area contributed by atoms with Crippen molar-refractivity contribution in [2.45, 2.75) is 18.8 Å². The van der Waals surface area contributed by atoms with Crippen LogP contribution in [0.25, 0.3) is 10.2 Å². The molecule has 1 N–H and O–H groups in total. The maximum absolute atomic E-state index is 12.9. The molecule has 0 spiro atoms. The fourth-order valence-corrected chi connectivity index (χ4v) is 4.48. The van der Waals surface area contributed by atoms with Gasteiger partial charge in [-0.25, -0.2) is 9.37 Å². The highest BCUT2D eigenvalue weighted by molar-refractivity contribution is 7.18. The Morgan fingerprint density at radius 2 is 1.88 bits per heavy atom. The normalized spacial score (nSPS) is 16.0. The van der Waals surface area contributed by atoms with Crippen LogP contribution in [-0.2, 0) is 4.79 Å². The molecule has 1 aromatic heterocycles. The van der Waals surface area contributed by atoms with Crippen molar-refractivity contribution in [1.82, 2.24) is 9.88 Å². The summed E-state index contributed by atoms with van der Waals surface area (Å²) in [6.07, 6.45) is 2.04. The Hall–Kier alpha value is -2.31. The van der Waals surface area contributed by atoms with Crippen molar-refractivity contribution < 1.29 is 9.18 Å². The van der Waals surface area contributed by atoms with Crippen molar-refractivity contribution in [3.63, 3.8) is 0 Å². The number of likely N-dealkylation sites (tertiary alicyclic amines) is 1. The number of fused-ring (bicyclic) bond motifs is 1. The molecule has 1 saturated heterocycles. The van der Waals surface area contributed by atoms with Crippen molar-refractivity contribution in [2.75, 3.05) is 25.0 Å². The lowest BCUT2D eigenvalue weighted by molar-refractivity contribution is -0.117. The minimum atomic E-state index is -0.306. The highest BCUT2D eigenvalue weighted by Gasteiger charge is 2.24. The fraction of sp³-hybridized carbons (Fsp3) is 0.300. The number of nitrogens with one attached hydrogen (secondary N) is 1. The van der Waals surface area contributed by atoms with Gasteiger partial charge in [0.1, 0.15) is 5.82 Å². The first-order chi connectivity index (χ1) is 12.7. The summed E-state index contributed by atoms with van der Waals surface area (Å²) in [7, 11) is 0. The van der Waals surface area contributed by atoms with E-state index in [1.807, 2.05) is 12.1 Å². The fourth-order valence-electron chi connectivity index (χ4n) is 3.34. The lowest BCUT2D eigenvalue weighted by Gasteiger charge is -2.30. The summed E-state index contributed by atoms with van der Waals surface area (Å²) in [6.45, 7) is 2.14. The molecule has 0 radical (unpaired) electrons. The van der Waals surface area contributed by atoms with Gasteiger partial charge in [0.25, 0.3) is 0 Å². The number of hydrogen-bond donors (Lipinski definition) is 1. The van der Waals surface area contributed by atoms with E-state index in [0.717, 1.165) is 31.4 Å². The number of carbonyl (C=O) groups excluding carboxylic acids is 1. The Kier molecular flexibility index (Phi) is 4.95. The SMILES string of the molecule is O=C(CN1CCC(c2nc3ccccc3s2)CC1)Nc1ccc(F)cc1. The number of hydrogen-bond acceptors (Lipinski definition) is 4. The highest BCUT2D eigenvalue weighted by Crippen LogP contribution is 2.33. The molecule has 26 heavy (non-hydrogen) atoms. The van der Waals surface area contributed by atoms with E-state index in [1.165, 1.54) is 21.8 Å². The van der Waals surface area contributed by atoms with E-state index in [4.69, 9.17) is 4.98 Å². The molecule has 2 aromatic carbocycles. The van der Waals surface area contributed by atoms with Crippen LogP contribution in [0.3, 0.4) is 0 Å². The van der Waals surface area contributed by atoms with Crippen LogP contribution in [0.15, 0.2) is 48.5 Å². The summed E-state index contributed by atoms with van der Waals surface area (Å²) in [5, 5.41) is 4.03. The lowest BCUT2D eigenvalue weighted by atomic mass is 9.97. The number of para-hydroxylation sites is 1. The molecule has 2 heterocycles. The highest BCUT2D eigenvalue weighted by atomic mass is 32.1. The van der Waals surface area contributed by atoms with E-state index in [0.29, 0.717) is 18.2 Å².